The Morgan fingerprint density at radius 2 is 2.00 bits per heavy atom. The van der Waals surface area contributed by atoms with Crippen LogP contribution in [0.1, 0.15) is 31.2 Å². The number of aromatic nitrogens is 2. The lowest BCUT2D eigenvalue weighted by Crippen LogP contribution is -2.45. The second-order valence-corrected chi connectivity index (χ2v) is 9.05. The number of carbonyl (C=O) groups excluding carboxylic acids is 1. The fraction of sp³-hybridized carbons (Fsp3) is 0.409. The molecule has 1 atom stereocenters. The lowest BCUT2D eigenvalue weighted by molar-refractivity contribution is -0.125. The van der Waals surface area contributed by atoms with Crippen LogP contribution < -0.4 is 15.8 Å². The third kappa shape index (κ3) is 3.84. The van der Waals surface area contributed by atoms with Gasteiger partial charge in [-0.25, -0.2) is 9.37 Å². The van der Waals surface area contributed by atoms with Crippen LogP contribution in [0.2, 0.25) is 0 Å². The molecule has 1 saturated carbocycles. The molecular weight excluding hydrogens is 403 g/mol. The Kier molecular flexibility index (Phi) is 5.02. The molecule has 3 aromatic rings. The highest BCUT2D eigenvalue weighted by molar-refractivity contribution is 7.17. The van der Waals surface area contributed by atoms with Crippen LogP contribution in [0.5, 0.6) is 0 Å². The number of hydrogen-bond acceptors (Lipinski definition) is 5. The molecule has 1 aliphatic heterocycles. The number of benzene rings is 1. The molecule has 1 amide bonds. The highest BCUT2D eigenvalue weighted by atomic mass is 32.1. The summed E-state index contributed by atoms with van der Waals surface area (Å²) in [5.41, 5.74) is 1.41. The van der Waals surface area contributed by atoms with Crippen LogP contribution in [0.15, 0.2) is 40.5 Å². The molecule has 1 aromatic carbocycles. The molecule has 0 spiro atoms. The number of halogens is 1. The second kappa shape index (κ2) is 7.83. The Labute approximate surface area is 177 Å². The van der Waals surface area contributed by atoms with Crippen molar-refractivity contribution < 1.29 is 9.18 Å². The van der Waals surface area contributed by atoms with Crippen LogP contribution in [0, 0.1) is 11.7 Å². The molecule has 5 rings (SSSR count). The van der Waals surface area contributed by atoms with Gasteiger partial charge in [0.15, 0.2) is 0 Å². The number of rotatable bonds is 5. The minimum absolute atomic E-state index is 0.0983. The van der Waals surface area contributed by atoms with Crippen molar-refractivity contribution in [3.05, 3.63) is 57.4 Å². The van der Waals surface area contributed by atoms with Gasteiger partial charge in [-0.2, -0.15) is 0 Å². The maximum absolute atomic E-state index is 13.3. The number of fused-ring (bicyclic) bond motifs is 1. The Morgan fingerprint density at radius 1 is 1.20 bits per heavy atom. The lowest BCUT2D eigenvalue weighted by Gasteiger charge is -2.34. The van der Waals surface area contributed by atoms with Crippen LogP contribution >= 0.6 is 11.3 Å². The van der Waals surface area contributed by atoms with Crippen molar-refractivity contribution in [2.45, 2.75) is 38.3 Å². The third-order valence-corrected chi connectivity index (χ3v) is 6.69. The van der Waals surface area contributed by atoms with E-state index in [1.807, 2.05) is 11.4 Å². The van der Waals surface area contributed by atoms with E-state index in [1.54, 1.807) is 16.7 Å². The predicted octanol–water partition coefficient (Wildman–Crippen LogP) is 3.14. The first-order chi connectivity index (χ1) is 14.6. The topological polar surface area (TPSA) is 67.2 Å². The number of nitrogens with zero attached hydrogens (tertiary/aromatic N) is 3. The summed E-state index contributed by atoms with van der Waals surface area (Å²) in [6.45, 7) is 1.60. The molecular formula is C22H23FN4O2S. The number of hydrogen-bond donors (Lipinski definition) is 1. The van der Waals surface area contributed by atoms with E-state index in [0.29, 0.717) is 35.3 Å². The summed E-state index contributed by atoms with van der Waals surface area (Å²) < 4.78 is 15.6. The van der Waals surface area contributed by atoms with Gasteiger partial charge in [0.1, 0.15) is 10.5 Å². The molecule has 0 bridgehead atoms. The summed E-state index contributed by atoms with van der Waals surface area (Å²) in [5.74, 6) is 0.276. The van der Waals surface area contributed by atoms with E-state index >= 15 is 0 Å². The molecule has 2 aliphatic rings. The molecule has 0 radical (unpaired) electrons. The van der Waals surface area contributed by atoms with Crippen molar-refractivity contribution in [3.63, 3.8) is 0 Å². The van der Waals surface area contributed by atoms with E-state index in [4.69, 9.17) is 4.98 Å². The van der Waals surface area contributed by atoms with E-state index in [9.17, 15) is 14.0 Å². The number of nitrogens with one attached hydrogen (secondary N) is 1. The van der Waals surface area contributed by atoms with Gasteiger partial charge < -0.3 is 10.2 Å². The Morgan fingerprint density at radius 3 is 2.77 bits per heavy atom. The average Bonchev–Trinajstić information content (AvgIpc) is 3.44. The number of anilines is 1. The van der Waals surface area contributed by atoms with Crippen molar-refractivity contribution >= 4 is 33.4 Å². The Bertz CT molecular complexity index is 1140. The summed E-state index contributed by atoms with van der Waals surface area (Å²) in [6, 6.07) is 8.37. The zero-order chi connectivity index (χ0) is 20.7. The summed E-state index contributed by atoms with van der Waals surface area (Å²) in [4.78, 5) is 32.7. The van der Waals surface area contributed by atoms with Crippen LogP contribution in [0.25, 0.3) is 10.2 Å². The molecule has 8 heteroatoms. The van der Waals surface area contributed by atoms with Crippen LogP contribution in [0.4, 0.5) is 10.3 Å². The van der Waals surface area contributed by atoms with Crippen molar-refractivity contribution in [2.75, 3.05) is 18.0 Å². The minimum atomic E-state index is -0.307. The average molecular weight is 427 g/mol. The first-order valence-electron chi connectivity index (χ1n) is 10.4. The molecule has 156 valence electrons. The van der Waals surface area contributed by atoms with Gasteiger partial charge in [0.25, 0.3) is 5.56 Å². The summed E-state index contributed by atoms with van der Waals surface area (Å²) in [6.07, 6.45) is 3.85. The highest BCUT2D eigenvalue weighted by Gasteiger charge is 2.32. The van der Waals surface area contributed by atoms with Crippen LogP contribution in [0.3, 0.4) is 0 Å². The summed E-state index contributed by atoms with van der Waals surface area (Å²) in [5, 5.41) is 4.97. The number of thiophene rings is 1. The minimum Gasteiger partial charge on any atom is -0.353 e. The molecule has 1 unspecified atom stereocenters. The normalized spacial score (nSPS) is 19.2. The SMILES string of the molecule is O=C(NC1CC1)C1CCCN(c2nc3ccsc3c(=O)n2Cc2ccc(F)cc2)C1. The fourth-order valence-corrected chi connectivity index (χ4v) is 4.79. The van der Waals surface area contributed by atoms with Gasteiger partial charge in [-0.15, -0.1) is 11.3 Å². The first-order valence-corrected chi connectivity index (χ1v) is 11.2. The summed E-state index contributed by atoms with van der Waals surface area (Å²) in [7, 11) is 0. The van der Waals surface area contributed by atoms with Gasteiger partial charge in [-0.05, 0) is 54.8 Å². The van der Waals surface area contributed by atoms with Crippen molar-refractivity contribution in [3.8, 4) is 0 Å². The largest absolute Gasteiger partial charge is 0.353 e. The van der Waals surface area contributed by atoms with E-state index in [1.165, 1.54) is 23.5 Å². The molecule has 1 N–H and O–H groups in total. The van der Waals surface area contributed by atoms with Crippen molar-refractivity contribution in [1.29, 1.82) is 0 Å². The molecule has 6 nitrogen and oxygen atoms in total. The van der Waals surface area contributed by atoms with Gasteiger partial charge >= 0.3 is 0 Å². The highest BCUT2D eigenvalue weighted by Crippen LogP contribution is 2.26. The van der Waals surface area contributed by atoms with Crippen molar-refractivity contribution in [2.24, 2.45) is 5.92 Å². The van der Waals surface area contributed by atoms with E-state index in [-0.39, 0.29) is 23.2 Å². The quantitative estimate of drug-likeness (QED) is 0.681. The van der Waals surface area contributed by atoms with Gasteiger partial charge in [0, 0.05) is 19.1 Å². The number of amides is 1. The Balaban J connectivity index is 1.49. The van der Waals surface area contributed by atoms with E-state index in [0.717, 1.165) is 37.8 Å². The zero-order valence-electron chi connectivity index (χ0n) is 16.5. The molecule has 2 aromatic heterocycles. The molecule has 1 saturated heterocycles. The van der Waals surface area contributed by atoms with Crippen molar-refractivity contribution in [1.82, 2.24) is 14.9 Å². The van der Waals surface area contributed by atoms with Gasteiger partial charge in [0.2, 0.25) is 11.9 Å². The van der Waals surface area contributed by atoms with Crippen LogP contribution in [-0.4, -0.2) is 34.6 Å². The third-order valence-electron chi connectivity index (χ3n) is 5.80. The zero-order valence-corrected chi connectivity index (χ0v) is 17.3. The fourth-order valence-electron chi connectivity index (χ4n) is 4.01. The van der Waals surface area contributed by atoms with Gasteiger partial charge in [-0.1, -0.05) is 12.1 Å². The maximum Gasteiger partial charge on any atom is 0.273 e. The van der Waals surface area contributed by atoms with E-state index in [2.05, 4.69) is 10.2 Å². The number of carbonyl (C=O) groups is 1. The Hall–Kier alpha value is -2.74. The smallest absolute Gasteiger partial charge is 0.273 e. The molecule has 3 heterocycles. The second-order valence-electron chi connectivity index (χ2n) is 8.13. The molecule has 2 fully saturated rings. The first kappa shape index (κ1) is 19.2. The van der Waals surface area contributed by atoms with Gasteiger partial charge in [0.05, 0.1) is 18.0 Å². The molecule has 1 aliphatic carbocycles. The standard InChI is InChI=1S/C22H23FN4O2S/c23-16-5-3-14(4-6-16)12-27-21(29)19-18(9-11-30-19)25-22(27)26-10-1-2-15(13-26)20(28)24-17-7-8-17/h3-6,9,11,15,17H,1-2,7-8,10,12-13H2,(H,24,28). The summed E-state index contributed by atoms with van der Waals surface area (Å²) >= 11 is 1.38. The monoisotopic (exact) mass is 426 g/mol. The number of piperidine rings is 1. The van der Waals surface area contributed by atoms with Gasteiger partial charge in [-0.3, -0.25) is 14.2 Å². The molecule has 30 heavy (non-hydrogen) atoms. The lowest BCUT2D eigenvalue weighted by atomic mass is 9.97. The van der Waals surface area contributed by atoms with Crippen LogP contribution in [-0.2, 0) is 11.3 Å². The predicted molar refractivity (Wildman–Crippen MR) is 115 cm³/mol. The maximum atomic E-state index is 13.3. The van der Waals surface area contributed by atoms with E-state index < -0.39 is 0 Å².